The summed E-state index contributed by atoms with van der Waals surface area (Å²) in [6.07, 6.45) is 7.59. The summed E-state index contributed by atoms with van der Waals surface area (Å²) in [4.78, 5) is 17.7. The van der Waals surface area contributed by atoms with Gasteiger partial charge in [-0.05, 0) is 61.9 Å². The first-order valence-electron chi connectivity index (χ1n) is 15.9. The lowest BCUT2D eigenvalue weighted by Crippen LogP contribution is -2.51. The highest BCUT2D eigenvalue weighted by molar-refractivity contribution is 6.00. The van der Waals surface area contributed by atoms with Crippen LogP contribution in [0.1, 0.15) is 49.4 Å². The summed E-state index contributed by atoms with van der Waals surface area (Å²) in [6, 6.07) is 16.2. The van der Waals surface area contributed by atoms with Crippen LogP contribution in [0.5, 0.6) is 0 Å². The number of fused-ring (bicyclic) bond motifs is 2. The van der Waals surface area contributed by atoms with Crippen molar-refractivity contribution in [3.8, 4) is 11.3 Å². The predicted molar refractivity (Wildman–Crippen MR) is 172 cm³/mol. The highest BCUT2D eigenvalue weighted by Gasteiger charge is 2.31. The molecule has 0 bridgehead atoms. The summed E-state index contributed by atoms with van der Waals surface area (Å²) in [5, 5.41) is 7.02. The SMILES string of the molecule is COCCCN1CCN([C@H]2CC[C@@H](n3nc(-c4ccc5[nH]c(Cc6ccccc6F)cc5c4)c4c(N)ncnc43)CC2)CC1. The number of halogens is 1. The fourth-order valence-corrected chi connectivity index (χ4v) is 7.19. The molecule has 10 heteroatoms. The van der Waals surface area contributed by atoms with Crippen molar-refractivity contribution in [1.29, 1.82) is 0 Å². The number of piperazine rings is 1. The van der Waals surface area contributed by atoms with E-state index in [0.29, 0.717) is 23.8 Å². The Labute approximate surface area is 257 Å². The zero-order chi connectivity index (χ0) is 30.0. The fraction of sp³-hybridized carbons (Fsp3) is 0.441. The van der Waals surface area contributed by atoms with E-state index in [1.165, 1.54) is 6.07 Å². The van der Waals surface area contributed by atoms with Gasteiger partial charge in [0, 0.05) is 81.1 Å². The molecule has 230 valence electrons. The van der Waals surface area contributed by atoms with Gasteiger partial charge in [-0.2, -0.15) is 5.10 Å². The minimum atomic E-state index is -0.190. The van der Waals surface area contributed by atoms with Crippen molar-refractivity contribution in [3.63, 3.8) is 0 Å². The van der Waals surface area contributed by atoms with E-state index in [-0.39, 0.29) is 11.9 Å². The van der Waals surface area contributed by atoms with Crippen LogP contribution >= 0.6 is 0 Å². The molecule has 2 aromatic carbocycles. The van der Waals surface area contributed by atoms with Crippen LogP contribution in [0, 0.1) is 5.82 Å². The number of methoxy groups -OCH3 is 1. The molecule has 3 aromatic heterocycles. The molecule has 4 heterocycles. The second-order valence-electron chi connectivity index (χ2n) is 12.3. The monoisotopic (exact) mass is 596 g/mol. The Morgan fingerprint density at radius 1 is 0.977 bits per heavy atom. The van der Waals surface area contributed by atoms with E-state index in [9.17, 15) is 4.39 Å². The molecular weight excluding hydrogens is 555 g/mol. The van der Waals surface area contributed by atoms with Crippen LogP contribution in [-0.2, 0) is 11.2 Å². The standard InChI is InChI=1S/C34H41FN8O/c1-44-18-4-13-41-14-16-42(17-15-41)27-8-10-28(11-9-27)43-34-31(33(36)37-22-38-34)32(40-43)24-7-12-30-25(19-24)21-26(39-30)20-23-5-2-3-6-29(23)35/h2-3,5-7,12,19,21-22,27-28,39H,4,8-11,13-18,20H2,1H3,(H2,36,37,38)/t27-,28+. The number of anilines is 1. The third kappa shape index (κ3) is 5.81. The second-order valence-corrected chi connectivity index (χ2v) is 12.3. The van der Waals surface area contributed by atoms with Gasteiger partial charge in [0.1, 0.15) is 23.7 Å². The van der Waals surface area contributed by atoms with E-state index in [4.69, 9.17) is 15.6 Å². The van der Waals surface area contributed by atoms with Crippen molar-refractivity contribution in [2.45, 2.75) is 50.6 Å². The average molecular weight is 597 g/mol. The van der Waals surface area contributed by atoms with Crippen LogP contribution in [0.25, 0.3) is 33.2 Å². The Bertz CT molecular complexity index is 1730. The lowest BCUT2D eigenvalue weighted by molar-refractivity contribution is 0.0662. The largest absolute Gasteiger partial charge is 0.385 e. The molecule has 1 saturated carbocycles. The predicted octanol–water partition coefficient (Wildman–Crippen LogP) is 5.42. The van der Waals surface area contributed by atoms with Gasteiger partial charge < -0.3 is 20.4 Å². The number of hydrogen-bond donors (Lipinski definition) is 2. The quantitative estimate of drug-likeness (QED) is 0.219. The first-order valence-corrected chi connectivity index (χ1v) is 15.9. The van der Waals surface area contributed by atoms with E-state index in [2.05, 4.69) is 53.7 Å². The number of nitrogens with two attached hydrogens (primary N) is 1. The second kappa shape index (κ2) is 12.6. The molecule has 5 aromatic rings. The number of benzene rings is 2. The first-order chi connectivity index (χ1) is 21.6. The lowest BCUT2D eigenvalue weighted by atomic mass is 9.90. The number of ether oxygens (including phenoxy) is 1. The van der Waals surface area contributed by atoms with Crippen LogP contribution in [-0.4, -0.2) is 87.0 Å². The molecule has 1 aliphatic heterocycles. The van der Waals surface area contributed by atoms with Gasteiger partial charge >= 0.3 is 0 Å². The van der Waals surface area contributed by atoms with Crippen molar-refractivity contribution in [2.75, 3.05) is 52.2 Å². The van der Waals surface area contributed by atoms with Gasteiger partial charge in [-0.25, -0.2) is 19.0 Å². The highest BCUT2D eigenvalue weighted by Crippen LogP contribution is 2.38. The Balaban J connectivity index is 1.08. The number of nitrogens with one attached hydrogen (secondary N) is 1. The highest BCUT2D eigenvalue weighted by atomic mass is 19.1. The van der Waals surface area contributed by atoms with Gasteiger partial charge in [-0.15, -0.1) is 0 Å². The summed E-state index contributed by atoms with van der Waals surface area (Å²) in [6.45, 7) is 6.53. The number of H-pyrrole nitrogens is 1. The smallest absolute Gasteiger partial charge is 0.164 e. The van der Waals surface area contributed by atoms with Gasteiger partial charge in [0.15, 0.2) is 5.65 Å². The summed E-state index contributed by atoms with van der Waals surface area (Å²) in [7, 11) is 1.78. The summed E-state index contributed by atoms with van der Waals surface area (Å²) >= 11 is 0. The third-order valence-corrected chi connectivity index (χ3v) is 9.57. The number of aromatic amines is 1. The molecule has 9 nitrogen and oxygen atoms in total. The van der Waals surface area contributed by atoms with Gasteiger partial charge in [-0.1, -0.05) is 24.3 Å². The number of rotatable bonds is 9. The molecule has 1 saturated heterocycles. The molecule has 0 unspecified atom stereocenters. The molecule has 3 N–H and O–H groups in total. The van der Waals surface area contributed by atoms with Crippen LogP contribution in [0.4, 0.5) is 10.2 Å². The summed E-state index contributed by atoms with van der Waals surface area (Å²) in [5.74, 6) is 0.257. The Kier molecular flexibility index (Phi) is 8.29. The third-order valence-electron chi connectivity index (χ3n) is 9.57. The lowest BCUT2D eigenvalue weighted by Gasteiger charge is -2.42. The molecular formula is C34H41FN8O. The van der Waals surface area contributed by atoms with E-state index in [1.54, 1.807) is 19.5 Å². The first kappa shape index (κ1) is 28.9. The molecule has 0 radical (unpaired) electrons. The van der Waals surface area contributed by atoms with E-state index < -0.39 is 0 Å². The maximum atomic E-state index is 14.3. The topological polar surface area (TPSA) is 101 Å². The molecule has 0 spiro atoms. The summed E-state index contributed by atoms with van der Waals surface area (Å²) in [5.41, 5.74) is 11.7. The zero-order valence-corrected chi connectivity index (χ0v) is 25.4. The van der Waals surface area contributed by atoms with E-state index in [0.717, 1.165) is 110 Å². The van der Waals surface area contributed by atoms with Crippen molar-refractivity contribution < 1.29 is 9.13 Å². The number of aromatic nitrogens is 5. The van der Waals surface area contributed by atoms with Gasteiger partial charge in [0.05, 0.1) is 11.4 Å². The Morgan fingerprint density at radius 2 is 1.77 bits per heavy atom. The minimum Gasteiger partial charge on any atom is -0.385 e. The van der Waals surface area contributed by atoms with Gasteiger partial charge in [-0.3, -0.25) is 4.90 Å². The van der Waals surface area contributed by atoms with Crippen molar-refractivity contribution in [1.82, 2.24) is 34.5 Å². The molecule has 0 atom stereocenters. The molecule has 7 rings (SSSR count). The van der Waals surface area contributed by atoms with Crippen LogP contribution in [0.15, 0.2) is 54.9 Å². The minimum absolute atomic E-state index is 0.190. The Hall–Kier alpha value is -3.86. The van der Waals surface area contributed by atoms with Gasteiger partial charge in [0.2, 0.25) is 0 Å². The van der Waals surface area contributed by atoms with Crippen LogP contribution in [0.3, 0.4) is 0 Å². The normalized spacial score (nSPS) is 20.1. The number of hydrogen-bond acceptors (Lipinski definition) is 7. The maximum absolute atomic E-state index is 14.3. The Morgan fingerprint density at radius 3 is 2.57 bits per heavy atom. The van der Waals surface area contributed by atoms with E-state index >= 15 is 0 Å². The zero-order valence-electron chi connectivity index (χ0n) is 25.4. The summed E-state index contributed by atoms with van der Waals surface area (Å²) < 4.78 is 21.6. The van der Waals surface area contributed by atoms with Crippen molar-refractivity contribution in [2.24, 2.45) is 0 Å². The average Bonchev–Trinajstić information content (AvgIpc) is 3.64. The van der Waals surface area contributed by atoms with Crippen molar-refractivity contribution in [3.05, 3.63) is 71.9 Å². The molecule has 44 heavy (non-hydrogen) atoms. The molecule has 1 aliphatic carbocycles. The molecule has 2 fully saturated rings. The van der Waals surface area contributed by atoms with Crippen LogP contribution in [0.2, 0.25) is 0 Å². The van der Waals surface area contributed by atoms with E-state index in [1.807, 2.05) is 12.1 Å². The van der Waals surface area contributed by atoms with Crippen molar-refractivity contribution >= 4 is 27.8 Å². The molecule has 2 aliphatic rings. The fourth-order valence-electron chi connectivity index (χ4n) is 7.19. The number of nitrogen functional groups attached to an aromatic ring is 1. The molecule has 0 amide bonds. The maximum Gasteiger partial charge on any atom is 0.164 e. The van der Waals surface area contributed by atoms with Gasteiger partial charge in [0.25, 0.3) is 0 Å². The van der Waals surface area contributed by atoms with Crippen LogP contribution < -0.4 is 5.73 Å². The number of nitrogens with zero attached hydrogens (tertiary/aromatic N) is 6.